The Hall–Kier alpha value is -0.120. The summed E-state index contributed by atoms with van der Waals surface area (Å²) in [6.45, 7) is 14.9. The molecule has 1 N–H and O–H groups in total. The average Bonchev–Trinajstić information content (AvgIpc) is 2.91. The number of rotatable bonds is 7. The summed E-state index contributed by atoms with van der Waals surface area (Å²) in [6, 6.07) is 0. The zero-order valence-corrected chi connectivity index (χ0v) is 13.0. The van der Waals surface area contributed by atoms with Crippen molar-refractivity contribution in [3.05, 3.63) is 0 Å². The van der Waals surface area contributed by atoms with Crippen molar-refractivity contribution in [2.75, 3.05) is 52.4 Å². The fourth-order valence-electron chi connectivity index (χ4n) is 3.58. The fourth-order valence-corrected chi connectivity index (χ4v) is 3.58. The highest BCUT2D eigenvalue weighted by atomic mass is 15.2. The summed E-state index contributed by atoms with van der Waals surface area (Å²) in [5, 5.41) is 3.46. The summed E-state index contributed by atoms with van der Waals surface area (Å²) >= 11 is 0. The second-order valence-electron chi connectivity index (χ2n) is 6.66. The van der Waals surface area contributed by atoms with Crippen LogP contribution in [0.5, 0.6) is 0 Å². The van der Waals surface area contributed by atoms with Gasteiger partial charge < -0.3 is 15.1 Å². The van der Waals surface area contributed by atoms with Gasteiger partial charge in [-0.2, -0.15) is 0 Å². The van der Waals surface area contributed by atoms with Gasteiger partial charge in [-0.25, -0.2) is 0 Å². The van der Waals surface area contributed by atoms with E-state index in [9.17, 15) is 0 Å². The number of hydrogen-bond acceptors (Lipinski definition) is 3. The van der Waals surface area contributed by atoms with Crippen molar-refractivity contribution in [3.8, 4) is 0 Å². The maximum absolute atomic E-state index is 3.46. The van der Waals surface area contributed by atoms with Gasteiger partial charge in [0.05, 0.1) is 0 Å². The van der Waals surface area contributed by atoms with Crippen molar-refractivity contribution >= 4 is 0 Å². The molecule has 0 amide bonds. The molecule has 0 aromatic heterocycles. The SMILES string of the molecule is CCNCC(C)CN1CCC(CN2CCCC2)CC1. The van der Waals surface area contributed by atoms with Gasteiger partial charge in [0.2, 0.25) is 0 Å². The van der Waals surface area contributed by atoms with Gasteiger partial charge in [-0.05, 0) is 76.8 Å². The van der Waals surface area contributed by atoms with Crippen LogP contribution in [0.2, 0.25) is 0 Å². The predicted octanol–water partition coefficient (Wildman–Crippen LogP) is 2.04. The molecule has 1 atom stereocenters. The fraction of sp³-hybridized carbons (Fsp3) is 1.00. The van der Waals surface area contributed by atoms with Crippen LogP contribution in [0.1, 0.15) is 39.5 Å². The summed E-state index contributed by atoms with van der Waals surface area (Å²) in [5.41, 5.74) is 0. The molecule has 0 aliphatic carbocycles. The number of likely N-dealkylation sites (tertiary alicyclic amines) is 2. The molecule has 2 heterocycles. The van der Waals surface area contributed by atoms with Gasteiger partial charge in [-0.1, -0.05) is 13.8 Å². The van der Waals surface area contributed by atoms with E-state index in [1.807, 2.05) is 0 Å². The third-order valence-corrected chi connectivity index (χ3v) is 4.73. The van der Waals surface area contributed by atoms with Crippen molar-refractivity contribution in [1.82, 2.24) is 15.1 Å². The summed E-state index contributed by atoms with van der Waals surface area (Å²) in [7, 11) is 0. The van der Waals surface area contributed by atoms with Crippen LogP contribution in [0.15, 0.2) is 0 Å². The first-order chi connectivity index (χ1) is 9.28. The molecule has 2 fully saturated rings. The Morgan fingerprint density at radius 1 is 1.05 bits per heavy atom. The maximum atomic E-state index is 3.46. The molecule has 0 bridgehead atoms. The zero-order valence-electron chi connectivity index (χ0n) is 13.0. The van der Waals surface area contributed by atoms with Gasteiger partial charge in [-0.15, -0.1) is 0 Å². The lowest BCUT2D eigenvalue weighted by molar-refractivity contribution is 0.140. The third-order valence-electron chi connectivity index (χ3n) is 4.73. The molecule has 2 rings (SSSR count). The van der Waals surface area contributed by atoms with Gasteiger partial charge in [0.25, 0.3) is 0 Å². The standard InChI is InChI=1S/C16H33N3/c1-3-17-12-15(2)13-19-10-6-16(7-11-19)14-18-8-4-5-9-18/h15-17H,3-14H2,1-2H3. The average molecular weight is 267 g/mol. The van der Waals surface area contributed by atoms with Crippen LogP contribution in [-0.2, 0) is 0 Å². The van der Waals surface area contributed by atoms with Gasteiger partial charge in [-0.3, -0.25) is 0 Å². The first-order valence-corrected chi connectivity index (χ1v) is 8.43. The topological polar surface area (TPSA) is 18.5 Å². The van der Waals surface area contributed by atoms with Crippen molar-refractivity contribution in [3.63, 3.8) is 0 Å². The van der Waals surface area contributed by atoms with E-state index in [2.05, 4.69) is 29.0 Å². The minimum Gasteiger partial charge on any atom is -0.317 e. The van der Waals surface area contributed by atoms with Crippen LogP contribution in [0.3, 0.4) is 0 Å². The molecule has 0 aromatic rings. The molecule has 2 saturated heterocycles. The molecule has 3 heteroatoms. The lowest BCUT2D eigenvalue weighted by atomic mass is 9.95. The highest BCUT2D eigenvalue weighted by Gasteiger charge is 2.23. The molecule has 0 spiro atoms. The number of hydrogen-bond donors (Lipinski definition) is 1. The van der Waals surface area contributed by atoms with E-state index in [0.717, 1.165) is 18.4 Å². The Morgan fingerprint density at radius 3 is 2.37 bits per heavy atom. The van der Waals surface area contributed by atoms with E-state index in [1.54, 1.807) is 0 Å². The first-order valence-electron chi connectivity index (χ1n) is 8.43. The molecular formula is C16H33N3. The van der Waals surface area contributed by atoms with Crippen LogP contribution < -0.4 is 5.32 Å². The van der Waals surface area contributed by atoms with Crippen molar-refractivity contribution in [1.29, 1.82) is 0 Å². The minimum absolute atomic E-state index is 0.787. The molecule has 0 radical (unpaired) electrons. The Morgan fingerprint density at radius 2 is 1.74 bits per heavy atom. The maximum Gasteiger partial charge on any atom is 0.00191 e. The van der Waals surface area contributed by atoms with Gasteiger partial charge in [0.15, 0.2) is 0 Å². The molecule has 2 aliphatic rings. The monoisotopic (exact) mass is 267 g/mol. The summed E-state index contributed by atoms with van der Waals surface area (Å²) < 4.78 is 0. The molecule has 1 unspecified atom stereocenters. The van der Waals surface area contributed by atoms with Gasteiger partial charge in [0.1, 0.15) is 0 Å². The van der Waals surface area contributed by atoms with Crippen molar-refractivity contribution < 1.29 is 0 Å². The molecule has 2 aliphatic heterocycles. The third kappa shape index (κ3) is 5.41. The highest BCUT2D eigenvalue weighted by molar-refractivity contribution is 4.78. The van der Waals surface area contributed by atoms with Crippen LogP contribution in [0, 0.1) is 11.8 Å². The smallest absolute Gasteiger partial charge is 0.00191 e. The zero-order chi connectivity index (χ0) is 13.5. The molecule has 19 heavy (non-hydrogen) atoms. The first kappa shape index (κ1) is 15.3. The van der Waals surface area contributed by atoms with E-state index >= 15 is 0 Å². The molecule has 0 aromatic carbocycles. The predicted molar refractivity (Wildman–Crippen MR) is 82.5 cm³/mol. The van der Waals surface area contributed by atoms with Crippen LogP contribution >= 0.6 is 0 Å². The summed E-state index contributed by atoms with van der Waals surface area (Å²) in [6.07, 6.45) is 5.70. The lowest BCUT2D eigenvalue weighted by Crippen LogP contribution is -2.41. The van der Waals surface area contributed by atoms with Crippen LogP contribution in [-0.4, -0.2) is 62.2 Å². The summed E-state index contributed by atoms with van der Waals surface area (Å²) in [5.74, 6) is 1.76. The Kier molecular flexibility index (Phi) is 6.62. The van der Waals surface area contributed by atoms with Crippen molar-refractivity contribution in [2.24, 2.45) is 11.8 Å². The molecule has 0 saturated carbocycles. The van der Waals surface area contributed by atoms with E-state index in [1.165, 1.54) is 71.5 Å². The van der Waals surface area contributed by atoms with Crippen LogP contribution in [0.4, 0.5) is 0 Å². The molecular weight excluding hydrogens is 234 g/mol. The number of nitrogens with zero attached hydrogens (tertiary/aromatic N) is 2. The summed E-state index contributed by atoms with van der Waals surface area (Å²) in [4.78, 5) is 5.37. The highest BCUT2D eigenvalue weighted by Crippen LogP contribution is 2.21. The van der Waals surface area contributed by atoms with Gasteiger partial charge >= 0.3 is 0 Å². The normalized spacial score (nSPS) is 24.9. The van der Waals surface area contributed by atoms with Crippen LogP contribution in [0.25, 0.3) is 0 Å². The Balaban J connectivity index is 1.59. The largest absolute Gasteiger partial charge is 0.317 e. The van der Waals surface area contributed by atoms with Crippen molar-refractivity contribution in [2.45, 2.75) is 39.5 Å². The quantitative estimate of drug-likeness (QED) is 0.761. The van der Waals surface area contributed by atoms with E-state index < -0.39 is 0 Å². The second-order valence-corrected chi connectivity index (χ2v) is 6.66. The van der Waals surface area contributed by atoms with E-state index in [4.69, 9.17) is 0 Å². The number of piperidine rings is 1. The van der Waals surface area contributed by atoms with Gasteiger partial charge in [0, 0.05) is 13.1 Å². The number of nitrogens with one attached hydrogen (secondary N) is 1. The lowest BCUT2D eigenvalue weighted by Gasteiger charge is -2.35. The molecule has 112 valence electrons. The van der Waals surface area contributed by atoms with E-state index in [0.29, 0.717) is 0 Å². The minimum atomic E-state index is 0.787. The molecule has 3 nitrogen and oxygen atoms in total. The Bertz CT molecular complexity index is 230. The van der Waals surface area contributed by atoms with E-state index in [-0.39, 0.29) is 0 Å². The second kappa shape index (κ2) is 8.23. The Labute approximate surface area is 119 Å².